The number of ether oxygens (including phenoxy) is 5. The Morgan fingerprint density at radius 2 is 1.32 bits per heavy atom. The third kappa shape index (κ3) is 9.95. The predicted molar refractivity (Wildman–Crippen MR) is 276 cm³/mol. The van der Waals surface area contributed by atoms with Crippen molar-refractivity contribution in [2.45, 2.75) is 84.3 Å². The number of anilines is 1. The van der Waals surface area contributed by atoms with Crippen LogP contribution in [-0.4, -0.2) is 136 Å². The van der Waals surface area contributed by atoms with Gasteiger partial charge in [-0.2, -0.15) is 0 Å². The summed E-state index contributed by atoms with van der Waals surface area (Å²) >= 11 is 3.62. The van der Waals surface area contributed by atoms with Crippen LogP contribution in [0.3, 0.4) is 0 Å². The van der Waals surface area contributed by atoms with Crippen LogP contribution in [0.15, 0.2) is 25.7 Å². The molecular weight excluding hydrogens is 979 g/mol. The van der Waals surface area contributed by atoms with E-state index in [1.807, 2.05) is 22.8 Å². The lowest BCUT2D eigenvalue weighted by atomic mass is 9.78. The van der Waals surface area contributed by atoms with Crippen molar-refractivity contribution in [3.8, 4) is 11.5 Å². The van der Waals surface area contributed by atoms with Gasteiger partial charge in [0.15, 0.2) is 16.9 Å². The minimum atomic E-state index is -0.930. The first-order chi connectivity index (χ1) is 34.3. The molecule has 382 valence electrons. The first kappa shape index (κ1) is 52.3. The minimum Gasteiger partial charge on any atom is -0.504 e. The van der Waals surface area contributed by atoms with Crippen LogP contribution in [0.1, 0.15) is 92.5 Å². The molecule has 4 N–H and O–H groups in total. The molecule has 1 aliphatic carbocycles. The van der Waals surface area contributed by atoms with Gasteiger partial charge in [0.1, 0.15) is 5.78 Å². The van der Waals surface area contributed by atoms with Crippen molar-refractivity contribution < 1.29 is 53.4 Å². The number of carbonyl (C=O) groups is 3. The molecule has 5 aromatic carbocycles. The summed E-state index contributed by atoms with van der Waals surface area (Å²) in [6, 6.07) is 1.28. The van der Waals surface area contributed by atoms with E-state index < -0.39 is 30.3 Å². The van der Waals surface area contributed by atoms with Crippen molar-refractivity contribution in [3.63, 3.8) is 0 Å². The van der Waals surface area contributed by atoms with Gasteiger partial charge in [-0.3, -0.25) is 24.0 Å². The zero-order chi connectivity index (χ0) is 50.7. The van der Waals surface area contributed by atoms with Crippen molar-refractivity contribution >= 4 is 88.4 Å². The zero-order valence-corrected chi connectivity index (χ0v) is 43.0. The van der Waals surface area contributed by atoms with Crippen LogP contribution in [0.25, 0.3) is 49.2 Å². The van der Waals surface area contributed by atoms with Gasteiger partial charge in [-0.25, -0.2) is 0 Å². The number of carbonyl (C=O) groups excluding carboxylic acids is 3. The molecule has 2 saturated heterocycles. The quantitative estimate of drug-likeness (QED) is 0.0337. The van der Waals surface area contributed by atoms with Crippen LogP contribution in [0.5, 0.6) is 11.5 Å². The SMILES string of the molecule is COCCOCCC(=O)N1CCC(CCc2c(NCC3CCN(C(=O)CCOCCOC)CC3)c3c(=O)c(Br)c(CO)c4c5c(CO)cc(=O)c6c(O)c(OC)c7c(c(c2C=C(C)C7C(C)=O)c34)c65)CC1. The van der Waals surface area contributed by atoms with Crippen LogP contribution < -0.4 is 20.9 Å². The highest BCUT2D eigenvalue weighted by molar-refractivity contribution is 9.10. The Morgan fingerprint density at radius 1 is 0.732 bits per heavy atom. The maximum atomic E-state index is 15.3. The van der Waals surface area contributed by atoms with E-state index in [0.717, 1.165) is 36.8 Å². The normalized spacial score (nSPS) is 16.8. The van der Waals surface area contributed by atoms with E-state index in [1.54, 1.807) is 14.2 Å². The number of hydrogen-bond acceptors (Lipinski definition) is 14. The Balaban J connectivity index is 1.29. The Hall–Kier alpha value is -5.01. The number of piperidine rings is 2. The summed E-state index contributed by atoms with van der Waals surface area (Å²) < 4.78 is 27.3. The summed E-state index contributed by atoms with van der Waals surface area (Å²) in [5, 5.41) is 41.2. The van der Waals surface area contributed by atoms with Crippen LogP contribution in [-0.2, 0) is 53.0 Å². The number of hydrogen-bond donors (Lipinski definition) is 4. The highest BCUT2D eigenvalue weighted by Crippen LogP contribution is 2.56. The second kappa shape index (κ2) is 22.8. The highest BCUT2D eigenvalue weighted by Gasteiger charge is 2.38. The Kier molecular flexibility index (Phi) is 16.8. The lowest BCUT2D eigenvalue weighted by Gasteiger charge is -2.33. The molecule has 16 nitrogen and oxygen atoms in total. The van der Waals surface area contributed by atoms with E-state index in [0.29, 0.717) is 146 Å². The molecule has 8 rings (SSSR count). The molecule has 0 bridgehead atoms. The number of methoxy groups -OCH3 is 3. The first-order valence-electron chi connectivity index (χ1n) is 24.8. The maximum absolute atomic E-state index is 15.3. The molecule has 1 atom stereocenters. The number of fused-ring (bicyclic) bond motifs is 1. The molecule has 2 fully saturated rings. The van der Waals surface area contributed by atoms with Gasteiger partial charge in [0.05, 0.1) is 94.0 Å². The summed E-state index contributed by atoms with van der Waals surface area (Å²) in [5.41, 5.74) is 2.79. The van der Waals surface area contributed by atoms with E-state index in [2.05, 4.69) is 21.2 Å². The van der Waals surface area contributed by atoms with Gasteiger partial charge in [0, 0.05) is 74.5 Å². The number of amides is 2. The molecule has 0 radical (unpaired) electrons. The molecule has 2 heterocycles. The number of nitrogens with zero attached hydrogens (tertiary/aromatic N) is 2. The van der Waals surface area contributed by atoms with E-state index in [-0.39, 0.29) is 68.0 Å². The number of benzene rings is 5. The number of allylic oxidation sites excluding steroid dienone is 1. The fraction of sp³-hybridized carbons (Fsp3) is 0.537. The van der Waals surface area contributed by atoms with Gasteiger partial charge in [-0.1, -0.05) is 11.6 Å². The number of phenolic OH excluding ortho intramolecular Hbond substituents is 1. The molecule has 71 heavy (non-hydrogen) atoms. The van der Waals surface area contributed by atoms with Crippen molar-refractivity contribution in [2.24, 2.45) is 11.8 Å². The number of rotatable bonds is 22. The van der Waals surface area contributed by atoms with Crippen molar-refractivity contribution in [1.29, 1.82) is 0 Å². The summed E-state index contributed by atoms with van der Waals surface area (Å²) in [6.07, 6.45) is 6.79. The molecule has 17 heteroatoms. The molecule has 0 aromatic heterocycles. The van der Waals surface area contributed by atoms with Crippen molar-refractivity contribution in [3.05, 3.63) is 64.4 Å². The lowest BCUT2D eigenvalue weighted by molar-refractivity contribution is -0.134. The molecule has 3 aliphatic rings. The van der Waals surface area contributed by atoms with Crippen molar-refractivity contribution in [1.82, 2.24) is 9.80 Å². The summed E-state index contributed by atoms with van der Waals surface area (Å²) in [4.78, 5) is 73.8. The topological polar surface area (TPSA) is 211 Å². The number of likely N-dealkylation sites (tertiary alicyclic amines) is 2. The maximum Gasteiger partial charge on any atom is 0.224 e. The largest absolute Gasteiger partial charge is 0.504 e. The number of ketones is 1. The minimum absolute atomic E-state index is 0.0263. The summed E-state index contributed by atoms with van der Waals surface area (Å²) in [5.74, 6) is -1.17. The molecule has 5 aromatic rings. The second-order valence-electron chi connectivity index (χ2n) is 19.2. The molecule has 2 aliphatic heterocycles. The van der Waals surface area contributed by atoms with Crippen LogP contribution in [0.4, 0.5) is 5.69 Å². The Morgan fingerprint density at radius 3 is 1.87 bits per heavy atom. The van der Waals surface area contributed by atoms with Crippen molar-refractivity contribution in [2.75, 3.05) is 99.0 Å². The summed E-state index contributed by atoms with van der Waals surface area (Å²) in [7, 11) is 4.59. The van der Waals surface area contributed by atoms with Gasteiger partial charge >= 0.3 is 0 Å². The number of nitrogens with one attached hydrogen (secondary N) is 1. The molecule has 2 amide bonds. The Labute approximate surface area is 421 Å². The van der Waals surface area contributed by atoms with Crippen LogP contribution in [0.2, 0.25) is 0 Å². The van der Waals surface area contributed by atoms with E-state index in [1.165, 1.54) is 20.1 Å². The molecule has 1 unspecified atom stereocenters. The highest BCUT2D eigenvalue weighted by atomic mass is 79.9. The number of aliphatic hydroxyl groups is 2. The van der Waals surface area contributed by atoms with Gasteiger partial charge < -0.3 is 54.1 Å². The van der Waals surface area contributed by atoms with E-state index >= 15 is 4.79 Å². The standard InChI is InChI=1S/C54H66BrN3O13/c1-29-24-35-34(7-6-31-8-14-57(15-9-31)38(63)12-18-70-22-20-67-3)51(56-26-32-10-16-58(17-11-32)39(64)13-19-71-23-21-68-4)49-46-42(35)47-45-41(43(46)36(28-60)50(55)52(49)65)33(27-59)25-37(62)44(45)53(66)54(69-5)48(47)40(29)30(2)61/h24-25,31-32,40,56,59-60,66H,6-23,26-28H2,1-5H3. The number of phenols is 1. The molecular formula is C54H66BrN3O13. The Bertz CT molecular complexity index is 2960. The second-order valence-corrected chi connectivity index (χ2v) is 20.0. The van der Waals surface area contributed by atoms with Crippen LogP contribution in [0, 0.1) is 11.8 Å². The summed E-state index contributed by atoms with van der Waals surface area (Å²) in [6.45, 7) is 7.45. The van der Waals surface area contributed by atoms with E-state index in [9.17, 15) is 34.5 Å². The van der Waals surface area contributed by atoms with Gasteiger partial charge in [-0.15, -0.1) is 0 Å². The number of Topliss-reactive ketones (excluding diaryl/α,β-unsaturated/α-hetero) is 1. The fourth-order valence-electron chi connectivity index (χ4n) is 11.6. The average molecular weight is 1050 g/mol. The van der Waals surface area contributed by atoms with Gasteiger partial charge in [0.2, 0.25) is 17.2 Å². The lowest BCUT2D eigenvalue weighted by Crippen LogP contribution is -2.40. The van der Waals surface area contributed by atoms with Gasteiger partial charge in [-0.05, 0) is 124 Å². The monoisotopic (exact) mass is 1040 g/mol. The predicted octanol–water partition coefficient (Wildman–Crippen LogP) is 6.37. The number of halogens is 1. The fourth-order valence-corrected chi connectivity index (χ4v) is 12.1. The third-order valence-electron chi connectivity index (χ3n) is 15.1. The number of aromatic hydroxyl groups is 1. The first-order valence-corrected chi connectivity index (χ1v) is 25.6. The number of aliphatic hydroxyl groups excluding tert-OH is 2. The van der Waals surface area contributed by atoms with Gasteiger partial charge in [0.25, 0.3) is 0 Å². The zero-order valence-electron chi connectivity index (χ0n) is 41.4. The average Bonchev–Trinajstić information content (AvgIpc) is 3.50. The van der Waals surface area contributed by atoms with E-state index in [4.69, 9.17) is 23.7 Å². The molecule has 0 spiro atoms. The van der Waals surface area contributed by atoms with Crippen LogP contribution >= 0.6 is 15.9 Å². The smallest absolute Gasteiger partial charge is 0.224 e. The molecule has 0 saturated carbocycles. The third-order valence-corrected chi connectivity index (χ3v) is 16.0.